The van der Waals surface area contributed by atoms with Crippen LogP contribution in [0.25, 0.3) is 10.8 Å². The highest BCUT2D eigenvalue weighted by Crippen LogP contribution is 2.29. The van der Waals surface area contributed by atoms with Crippen molar-refractivity contribution in [2.45, 2.75) is 18.2 Å². The molecule has 3 aromatic rings. The number of hydrogen-bond donors (Lipinski definition) is 1. The molecular formula is C22H25N3O5S. The van der Waals surface area contributed by atoms with E-state index in [2.05, 4.69) is 10.3 Å². The second-order valence-corrected chi connectivity index (χ2v) is 8.71. The van der Waals surface area contributed by atoms with E-state index in [1.54, 1.807) is 54.9 Å². The van der Waals surface area contributed by atoms with Gasteiger partial charge in [-0.3, -0.25) is 9.78 Å². The monoisotopic (exact) mass is 443 g/mol. The van der Waals surface area contributed by atoms with E-state index in [1.165, 1.54) is 18.5 Å². The quantitative estimate of drug-likeness (QED) is 0.545. The number of rotatable bonds is 9. The highest BCUT2D eigenvalue weighted by atomic mass is 32.2. The zero-order valence-corrected chi connectivity index (χ0v) is 18.5. The Bertz CT molecular complexity index is 1180. The maximum absolute atomic E-state index is 13.4. The number of amides is 1. The van der Waals surface area contributed by atoms with Crippen molar-refractivity contribution in [2.75, 3.05) is 32.6 Å². The molecule has 0 saturated carbocycles. The molecule has 31 heavy (non-hydrogen) atoms. The van der Waals surface area contributed by atoms with Crippen molar-refractivity contribution in [1.82, 2.24) is 9.29 Å². The van der Waals surface area contributed by atoms with Crippen molar-refractivity contribution in [3.8, 4) is 11.5 Å². The smallest absolute Gasteiger partial charge is 0.244 e. The molecule has 0 aliphatic heterocycles. The van der Waals surface area contributed by atoms with Gasteiger partial charge in [0.05, 0.1) is 31.3 Å². The van der Waals surface area contributed by atoms with Gasteiger partial charge in [-0.2, -0.15) is 4.31 Å². The van der Waals surface area contributed by atoms with Crippen molar-refractivity contribution in [3.05, 3.63) is 54.9 Å². The Kier molecular flexibility index (Phi) is 7.09. The molecule has 0 unspecified atom stereocenters. The molecule has 1 heterocycles. The van der Waals surface area contributed by atoms with Gasteiger partial charge in [-0.1, -0.05) is 19.1 Å². The molecule has 1 aromatic heterocycles. The van der Waals surface area contributed by atoms with Gasteiger partial charge in [0.15, 0.2) is 0 Å². The Balaban J connectivity index is 1.87. The van der Waals surface area contributed by atoms with Crippen LogP contribution in [0.1, 0.15) is 13.3 Å². The topological polar surface area (TPSA) is 97.8 Å². The maximum Gasteiger partial charge on any atom is 0.244 e. The molecule has 0 aliphatic carbocycles. The molecule has 0 atom stereocenters. The van der Waals surface area contributed by atoms with Gasteiger partial charge in [0.2, 0.25) is 15.9 Å². The minimum atomic E-state index is -3.91. The molecule has 1 N–H and O–H groups in total. The summed E-state index contributed by atoms with van der Waals surface area (Å²) < 4.78 is 38.5. The Morgan fingerprint density at radius 1 is 1.13 bits per heavy atom. The van der Waals surface area contributed by atoms with Crippen LogP contribution in [0.4, 0.5) is 5.69 Å². The summed E-state index contributed by atoms with van der Waals surface area (Å²) >= 11 is 0. The second-order valence-electron chi connectivity index (χ2n) is 6.81. The molecular weight excluding hydrogens is 418 g/mol. The van der Waals surface area contributed by atoms with Crippen LogP contribution in [0.2, 0.25) is 0 Å². The largest absolute Gasteiger partial charge is 0.497 e. The molecule has 0 aliphatic rings. The van der Waals surface area contributed by atoms with E-state index in [0.29, 0.717) is 34.4 Å². The number of benzene rings is 2. The summed E-state index contributed by atoms with van der Waals surface area (Å²) in [5, 5.41) is 4.01. The lowest BCUT2D eigenvalue weighted by atomic mass is 10.2. The van der Waals surface area contributed by atoms with E-state index < -0.39 is 15.9 Å². The van der Waals surface area contributed by atoms with Gasteiger partial charge in [-0.15, -0.1) is 0 Å². The number of ether oxygens (including phenoxy) is 2. The molecule has 3 rings (SSSR count). The summed E-state index contributed by atoms with van der Waals surface area (Å²) in [5.74, 6) is 0.525. The zero-order chi connectivity index (χ0) is 22.4. The third kappa shape index (κ3) is 4.95. The molecule has 9 heteroatoms. The number of sulfonamides is 1. The first kappa shape index (κ1) is 22.5. The highest BCUT2D eigenvalue weighted by Gasteiger charge is 2.28. The lowest BCUT2D eigenvalue weighted by Gasteiger charge is -2.22. The van der Waals surface area contributed by atoms with Gasteiger partial charge in [0.1, 0.15) is 11.5 Å². The first-order valence-corrected chi connectivity index (χ1v) is 11.2. The van der Waals surface area contributed by atoms with Crippen LogP contribution < -0.4 is 14.8 Å². The lowest BCUT2D eigenvalue weighted by molar-refractivity contribution is -0.116. The minimum absolute atomic E-state index is 0.149. The minimum Gasteiger partial charge on any atom is -0.497 e. The molecule has 0 saturated heterocycles. The van der Waals surface area contributed by atoms with Gasteiger partial charge in [0, 0.05) is 35.8 Å². The number of anilines is 1. The van der Waals surface area contributed by atoms with Crippen LogP contribution >= 0.6 is 0 Å². The molecule has 164 valence electrons. The van der Waals surface area contributed by atoms with Crippen molar-refractivity contribution in [2.24, 2.45) is 0 Å². The number of methoxy groups -OCH3 is 2. The molecule has 1 amide bonds. The summed E-state index contributed by atoms with van der Waals surface area (Å²) in [4.78, 5) is 16.9. The summed E-state index contributed by atoms with van der Waals surface area (Å²) in [6, 6.07) is 11.6. The van der Waals surface area contributed by atoms with Crippen LogP contribution in [0.15, 0.2) is 59.8 Å². The number of carbonyl (C=O) groups excluding carboxylic acids is 1. The highest BCUT2D eigenvalue weighted by molar-refractivity contribution is 7.89. The van der Waals surface area contributed by atoms with Crippen LogP contribution in [0.5, 0.6) is 11.5 Å². The molecule has 2 aromatic carbocycles. The van der Waals surface area contributed by atoms with Gasteiger partial charge in [0.25, 0.3) is 0 Å². The van der Waals surface area contributed by atoms with Gasteiger partial charge in [-0.25, -0.2) is 8.42 Å². The predicted octanol–water partition coefficient (Wildman–Crippen LogP) is 3.29. The van der Waals surface area contributed by atoms with Crippen molar-refractivity contribution < 1.29 is 22.7 Å². The van der Waals surface area contributed by atoms with E-state index in [9.17, 15) is 13.2 Å². The Morgan fingerprint density at radius 3 is 2.65 bits per heavy atom. The second kappa shape index (κ2) is 9.76. The fourth-order valence-electron chi connectivity index (χ4n) is 3.24. The van der Waals surface area contributed by atoms with Crippen molar-refractivity contribution >= 4 is 32.4 Å². The van der Waals surface area contributed by atoms with Crippen molar-refractivity contribution in [1.29, 1.82) is 0 Å². The zero-order valence-electron chi connectivity index (χ0n) is 17.7. The first-order chi connectivity index (χ1) is 14.9. The van der Waals surface area contributed by atoms with Gasteiger partial charge < -0.3 is 14.8 Å². The van der Waals surface area contributed by atoms with Crippen LogP contribution in [0.3, 0.4) is 0 Å². The summed E-state index contributed by atoms with van der Waals surface area (Å²) in [6.45, 7) is 1.74. The predicted molar refractivity (Wildman–Crippen MR) is 119 cm³/mol. The van der Waals surface area contributed by atoms with Crippen LogP contribution in [0, 0.1) is 0 Å². The summed E-state index contributed by atoms with van der Waals surface area (Å²) in [6.07, 6.45) is 3.72. The fourth-order valence-corrected chi connectivity index (χ4v) is 4.94. The molecule has 0 spiro atoms. The average Bonchev–Trinajstić information content (AvgIpc) is 2.78. The standard InChI is InChI=1S/C22H25N3O5S/c1-4-12-25(15-22(26)24-19-9-8-17(29-2)13-20(19)30-3)31(27,28)21-7-5-6-16-14-23-11-10-18(16)21/h5-11,13-14H,4,12,15H2,1-3H3,(H,24,26). The Hall–Kier alpha value is -3.17. The van der Waals surface area contributed by atoms with Crippen LogP contribution in [-0.2, 0) is 14.8 Å². The molecule has 8 nitrogen and oxygen atoms in total. The van der Waals surface area contributed by atoms with E-state index in [0.717, 1.165) is 0 Å². The number of nitrogens with one attached hydrogen (secondary N) is 1. The van der Waals surface area contributed by atoms with Crippen LogP contribution in [-0.4, -0.2) is 50.9 Å². The summed E-state index contributed by atoms with van der Waals surface area (Å²) in [5.41, 5.74) is 0.429. The molecule has 0 bridgehead atoms. The normalized spacial score (nSPS) is 11.5. The number of fused-ring (bicyclic) bond motifs is 1. The molecule has 0 radical (unpaired) electrons. The number of pyridine rings is 1. The number of nitrogens with zero attached hydrogens (tertiary/aromatic N) is 2. The number of carbonyl (C=O) groups is 1. The third-order valence-corrected chi connectivity index (χ3v) is 6.64. The Labute approximate surface area is 181 Å². The van der Waals surface area contributed by atoms with E-state index in [4.69, 9.17) is 9.47 Å². The van der Waals surface area contributed by atoms with Gasteiger partial charge >= 0.3 is 0 Å². The lowest BCUT2D eigenvalue weighted by Crippen LogP contribution is -2.38. The van der Waals surface area contributed by atoms with Crippen molar-refractivity contribution in [3.63, 3.8) is 0 Å². The van der Waals surface area contributed by atoms with E-state index >= 15 is 0 Å². The third-order valence-electron chi connectivity index (χ3n) is 4.73. The molecule has 0 fully saturated rings. The van der Waals surface area contributed by atoms with E-state index in [1.807, 2.05) is 6.92 Å². The first-order valence-electron chi connectivity index (χ1n) is 9.75. The maximum atomic E-state index is 13.4. The Morgan fingerprint density at radius 2 is 1.94 bits per heavy atom. The van der Waals surface area contributed by atoms with E-state index in [-0.39, 0.29) is 18.0 Å². The van der Waals surface area contributed by atoms with Gasteiger partial charge in [-0.05, 0) is 30.7 Å². The fraction of sp³-hybridized carbons (Fsp3) is 0.273. The average molecular weight is 444 g/mol. The summed E-state index contributed by atoms with van der Waals surface area (Å²) in [7, 11) is -0.899. The number of hydrogen-bond acceptors (Lipinski definition) is 6. The SMILES string of the molecule is CCCN(CC(=O)Nc1ccc(OC)cc1OC)S(=O)(=O)c1cccc2cnccc12. The number of aromatic nitrogens is 1.